The fourth-order valence-electron chi connectivity index (χ4n) is 1.68. The molecule has 0 spiro atoms. The van der Waals surface area contributed by atoms with Crippen LogP contribution in [0.2, 0.25) is 0 Å². The van der Waals surface area contributed by atoms with Crippen LogP contribution in [0.15, 0.2) is 24.3 Å². The van der Waals surface area contributed by atoms with Gasteiger partial charge in [-0.1, -0.05) is 37.6 Å². The lowest BCUT2D eigenvalue weighted by Gasteiger charge is -2.16. The van der Waals surface area contributed by atoms with Gasteiger partial charge in [0.15, 0.2) is 0 Å². The number of aryl methyl sites for hydroxylation is 1. The SMILES string of the molecule is CCCc1ccc(C(COCC)NN)cc1. The number of hydrogen-bond acceptors (Lipinski definition) is 3. The first-order valence-corrected chi connectivity index (χ1v) is 5.94. The number of benzene rings is 1. The Morgan fingerprint density at radius 2 is 1.94 bits per heavy atom. The van der Waals surface area contributed by atoms with Crippen LogP contribution < -0.4 is 11.3 Å². The van der Waals surface area contributed by atoms with Gasteiger partial charge in [-0.3, -0.25) is 11.3 Å². The summed E-state index contributed by atoms with van der Waals surface area (Å²) in [7, 11) is 0. The van der Waals surface area contributed by atoms with Crippen molar-refractivity contribution in [2.45, 2.75) is 32.7 Å². The van der Waals surface area contributed by atoms with Crippen molar-refractivity contribution < 1.29 is 4.74 Å². The molecular formula is C13H22N2O. The molecule has 0 saturated carbocycles. The predicted octanol–water partition coefficient (Wildman–Crippen LogP) is 2.18. The summed E-state index contributed by atoms with van der Waals surface area (Å²) in [5.74, 6) is 5.51. The molecule has 0 saturated heterocycles. The molecule has 3 N–H and O–H groups in total. The number of nitrogens with two attached hydrogens (primary N) is 1. The molecule has 0 aliphatic rings. The van der Waals surface area contributed by atoms with Gasteiger partial charge in [0, 0.05) is 6.61 Å². The van der Waals surface area contributed by atoms with Gasteiger partial charge in [-0.05, 0) is 24.5 Å². The van der Waals surface area contributed by atoms with Gasteiger partial charge in [-0.15, -0.1) is 0 Å². The number of ether oxygens (including phenoxy) is 1. The van der Waals surface area contributed by atoms with E-state index in [-0.39, 0.29) is 6.04 Å². The van der Waals surface area contributed by atoms with Crippen LogP contribution in [-0.2, 0) is 11.2 Å². The van der Waals surface area contributed by atoms with E-state index in [4.69, 9.17) is 10.6 Å². The Morgan fingerprint density at radius 3 is 2.44 bits per heavy atom. The zero-order chi connectivity index (χ0) is 11.8. The minimum absolute atomic E-state index is 0.0793. The molecule has 1 aromatic rings. The van der Waals surface area contributed by atoms with E-state index in [2.05, 4.69) is 36.6 Å². The Kier molecular flexibility index (Phi) is 6.08. The molecule has 1 rings (SSSR count). The molecule has 1 atom stereocenters. The quantitative estimate of drug-likeness (QED) is 0.549. The van der Waals surface area contributed by atoms with Crippen molar-refractivity contribution >= 4 is 0 Å². The Morgan fingerprint density at radius 1 is 1.25 bits per heavy atom. The summed E-state index contributed by atoms with van der Waals surface area (Å²) in [5, 5.41) is 0. The van der Waals surface area contributed by atoms with Crippen LogP contribution in [0.3, 0.4) is 0 Å². The third kappa shape index (κ3) is 3.93. The second kappa shape index (κ2) is 7.39. The number of hydrogen-bond donors (Lipinski definition) is 2. The molecule has 0 aliphatic heterocycles. The molecule has 0 fully saturated rings. The summed E-state index contributed by atoms with van der Waals surface area (Å²) in [4.78, 5) is 0. The van der Waals surface area contributed by atoms with Crippen LogP contribution in [0.4, 0.5) is 0 Å². The van der Waals surface area contributed by atoms with Gasteiger partial charge in [0.1, 0.15) is 0 Å². The molecular weight excluding hydrogens is 200 g/mol. The van der Waals surface area contributed by atoms with Crippen LogP contribution >= 0.6 is 0 Å². The van der Waals surface area contributed by atoms with Crippen LogP contribution in [0.1, 0.15) is 37.4 Å². The summed E-state index contributed by atoms with van der Waals surface area (Å²) in [6.07, 6.45) is 2.31. The highest BCUT2D eigenvalue weighted by molar-refractivity contribution is 5.25. The zero-order valence-electron chi connectivity index (χ0n) is 10.2. The fraction of sp³-hybridized carbons (Fsp3) is 0.538. The maximum absolute atomic E-state index is 5.51. The van der Waals surface area contributed by atoms with Crippen LogP contribution in [0.5, 0.6) is 0 Å². The van der Waals surface area contributed by atoms with Crippen LogP contribution in [0.25, 0.3) is 0 Å². The lowest BCUT2D eigenvalue weighted by molar-refractivity contribution is 0.123. The zero-order valence-corrected chi connectivity index (χ0v) is 10.2. The van der Waals surface area contributed by atoms with E-state index in [9.17, 15) is 0 Å². The first-order chi connectivity index (χ1) is 7.81. The monoisotopic (exact) mass is 222 g/mol. The average molecular weight is 222 g/mol. The summed E-state index contributed by atoms with van der Waals surface area (Å²) in [6, 6.07) is 8.64. The highest BCUT2D eigenvalue weighted by atomic mass is 16.5. The first-order valence-electron chi connectivity index (χ1n) is 5.94. The number of nitrogens with one attached hydrogen (secondary N) is 1. The first kappa shape index (κ1) is 13.2. The normalized spacial score (nSPS) is 12.7. The molecule has 3 nitrogen and oxygen atoms in total. The second-order valence-corrected chi connectivity index (χ2v) is 3.87. The van der Waals surface area contributed by atoms with Crippen molar-refractivity contribution in [2.75, 3.05) is 13.2 Å². The van der Waals surface area contributed by atoms with Gasteiger partial charge in [0.25, 0.3) is 0 Å². The van der Waals surface area contributed by atoms with E-state index in [0.717, 1.165) is 6.42 Å². The largest absolute Gasteiger partial charge is 0.380 e. The van der Waals surface area contributed by atoms with Crippen LogP contribution in [0, 0.1) is 0 Å². The highest BCUT2D eigenvalue weighted by Crippen LogP contribution is 2.14. The predicted molar refractivity (Wildman–Crippen MR) is 67.0 cm³/mol. The molecule has 90 valence electrons. The summed E-state index contributed by atoms with van der Waals surface area (Å²) < 4.78 is 5.38. The maximum Gasteiger partial charge on any atom is 0.0693 e. The molecule has 1 unspecified atom stereocenters. The van der Waals surface area contributed by atoms with E-state index in [1.165, 1.54) is 17.5 Å². The smallest absolute Gasteiger partial charge is 0.0693 e. The fourth-order valence-corrected chi connectivity index (χ4v) is 1.68. The van der Waals surface area contributed by atoms with Gasteiger partial charge in [0.05, 0.1) is 12.6 Å². The Bertz CT molecular complexity index is 284. The van der Waals surface area contributed by atoms with Gasteiger partial charge >= 0.3 is 0 Å². The van der Waals surface area contributed by atoms with E-state index in [0.29, 0.717) is 13.2 Å². The molecule has 0 bridgehead atoms. The second-order valence-electron chi connectivity index (χ2n) is 3.87. The van der Waals surface area contributed by atoms with Gasteiger partial charge in [-0.2, -0.15) is 0 Å². The summed E-state index contributed by atoms with van der Waals surface area (Å²) in [5.41, 5.74) is 5.33. The Labute approximate surface area is 98.0 Å². The molecule has 0 aromatic heterocycles. The minimum Gasteiger partial charge on any atom is -0.380 e. The van der Waals surface area contributed by atoms with Crippen molar-refractivity contribution in [3.05, 3.63) is 35.4 Å². The lowest BCUT2D eigenvalue weighted by atomic mass is 10.0. The van der Waals surface area contributed by atoms with Gasteiger partial charge in [0.2, 0.25) is 0 Å². The molecule has 0 aliphatic carbocycles. The maximum atomic E-state index is 5.51. The van der Waals surface area contributed by atoms with Crippen molar-refractivity contribution in [3.63, 3.8) is 0 Å². The molecule has 0 amide bonds. The van der Waals surface area contributed by atoms with E-state index in [1.54, 1.807) is 0 Å². The number of rotatable bonds is 7. The number of hydrazine groups is 1. The lowest BCUT2D eigenvalue weighted by Crippen LogP contribution is -2.31. The van der Waals surface area contributed by atoms with E-state index in [1.807, 2.05) is 6.92 Å². The van der Waals surface area contributed by atoms with Gasteiger partial charge < -0.3 is 4.74 Å². The Balaban J connectivity index is 2.62. The standard InChI is InChI=1S/C13H22N2O/c1-3-5-11-6-8-12(9-7-11)13(15-14)10-16-4-2/h6-9,13,15H,3-5,10,14H2,1-2H3. The summed E-state index contributed by atoms with van der Waals surface area (Å²) in [6.45, 7) is 5.50. The van der Waals surface area contributed by atoms with E-state index < -0.39 is 0 Å². The molecule has 3 heteroatoms. The van der Waals surface area contributed by atoms with Crippen molar-refractivity contribution in [1.82, 2.24) is 5.43 Å². The molecule has 1 aromatic carbocycles. The third-order valence-electron chi connectivity index (χ3n) is 2.61. The molecule has 16 heavy (non-hydrogen) atoms. The third-order valence-corrected chi connectivity index (χ3v) is 2.61. The molecule has 0 heterocycles. The molecule has 0 radical (unpaired) electrons. The van der Waals surface area contributed by atoms with Crippen molar-refractivity contribution in [2.24, 2.45) is 5.84 Å². The highest BCUT2D eigenvalue weighted by Gasteiger charge is 2.08. The van der Waals surface area contributed by atoms with E-state index >= 15 is 0 Å². The minimum atomic E-state index is 0.0793. The summed E-state index contributed by atoms with van der Waals surface area (Å²) >= 11 is 0. The van der Waals surface area contributed by atoms with Gasteiger partial charge in [-0.25, -0.2) is 0 Å². The topological polar surface area (TPSA) is 47.3 Å². The van der Waals surface area contributed by atoms with Crippen molar-refractivity contribution in [3.8, 4) is 0 Å². The average Bonchev–Trinajstić information content (AvgIpc) is 2.32. The van der Waals surface area contributed by atoms with Crippen molar-refractivity contribution in [1.29, 1.82) is 0 Å². The Hall–Kier alpha value is -0.900. The van der Waals surface area contributed by atoms with Crippen LogP contribution in [-0.4, -0.2) is 13.2 Å².